The molecule has 0 aromatic heterocycles. The normalized spacial score (nSPS) is 10.8. The van der Waals surface area contributed by atoms with Crippen LogP contribution in [0.5, 0.6) is 0 Å². The molecule has 0 fully saturated rings. The lowest BCUT2D eigenvalue weighted by molar-refractivity contribution is -0.140. The quantitative estimate of drug-likeness (QED) is 0.603. The van der Waals surface area contributed by atoms with E-state index in [0.29, 0.717) is 12.1 Å². The van der Waals surface area contributed by atoms with Gasteiger partial charge in [0, 0.05) is 5.56 Å². The van der Waals surface area contributed by atoms with Crippen molar-refractivity contribution in [3.63, 3.8) is 0 Å². The summed E-state index contributed by atoms with van der Waals surface area (Å²) in [6.07, 6.45) is -4.95. The van der Waals surface area contributed by atoms with Gasteiger partial charge in [0.1, 0.15) is 5.82 Å². The molecule has 0 N–H and O–H groups in total. The number of ketones is 1. The lowest BCUT2D eigenvalue weighted by Gasteiger charge is -2.09. The Hall–Kier alpha value is -2.41. The molecule has 1 aromatic rings. The van der Waals surface area contributed by atoms with Crippen LogP contribution < -0.4 is 0 Å². The Morgan fingerprint density at radius 1 is 1.22 bits per heavy atom. The molecule has 0 aliphatic heterocycles. The fraction of sp³-hybridized carbons (Fsp3) is 0.182. The van der Waals surface area contributed by atoms with Crippen LogP contribution in [0.1, 0.15) is 15.9 Å². The van der Waals surface area contributed by atoms with Crippen LogP contribution in [-0.4, -0.2) is 5.78 Å². The van der Waals surface area contributed by atoms with Crippen molar-refractivity contribution in [3.8, 4) is 12.1 Å². The summed E-state index contributed by atoms with van der Waals surface area (Å²) in [6, 6.07) is 4.24. The van der Waals surface area contributed by atoms with Gasteiger partial charge in [0.25, 0.3) is 0 Å². The molecule has 0 aliphatic carbocycles. The highest BCUT2D eigenvalue weighted by atomic mass is 19.4. The molecule has 18 heavy (non-hydrogen) atoms. The highest BCUT2D eigenvalue weighted by molar-refractivity contribution is 6.01. The van der Waals surface area contributed by atoms with Gasteiger partial charge in [0.2, 0.25) is 0 Å². The van der Waals surface area contributed by atoms with Crippen LogP contribution in [0, 0.1) is 34.4 Å². The number of carbonyl (C=O) groups is 1. The number of halogens is 4. The van der Waals surface area contributed by atoms with E-state index < -0.39 is 34.8 Å². The van der Waals surface area contributed by atoms with E-state index in [9.17, 15) is 22.4 Å². The monoisotopic (exact) mass is 256 g/mol. The molecular formula is C11H4F4N2O. The zero-order valence-electron chi connectivity index (χ0n) is 8.62. The lowest BCUT2D eigenvalue weighted by atomic mass is 9.98. The molecule has 92 valence electrons. The first-order chi connectivity index (χ1) is 8.31. The van der Waals surface area contributed by atoms with Crippen LogP contribution >= 0.6 is 0 Å². The van der Waals surface area contributed by atoms with Gasteiger partial charge < -0.3 is 0 Å². The van der Waals surface area contributed by atoms with E-state index in [2.05, 4.69) is 0 Å². The zero-order valence-corrected chi connectivity index (χ0v) is 8.62. The van der Waals surface area contributed by atoms with Gasteiger partial charge in [-0.05, 0) is 18.2 Å². The number of hydrogen-bond acceptors (Lipinski definition) is 3. The molecule has 0 amide bonds. The minimum atomic E-state index is -4.95. The minimum absolute atomic E-state index is 0.291. The number of alkyl halides is 3. The van der Waals surface area contributed by atoms with Crippen molar-refractivity contribution in [1.29, 1.82) is 10.5 Å². The maximum atomic E-state index is 12.9. The highest BCUT2D eigenvalue weighted by Crippen LogP contribution is 2.32. The number of Topliss-reactive ketones (excluding diaryl/α,β-unsaturated/α-hetero) is 1. The average Bonchev–Trinajstić information content (AvgIpc) is 2.29. The lowest BCUT2D eigenvalue weighted by Crippen LogP contribution is -2.14. The number of carbonyl (C=O) groups excluding carboxylic acids is 1. The topological polar surface area (TPSA) is 64.7 Å². The maximum Gasteiger partial charge on any atom is 0.419 e. The number of nitrogens with zero attached hydrogens (tertiary/aromatic N) is 2. The van der Waals surface area contributed by atoms with Gasteiger partial charge in [-0.2, -0.15) is 23.7 Å². The zero-order chi connectivity index (χ0) is 13.9. The first-order valence-corrected chi connectivity index (χ1v) is 4.51. The molecule has 0 unspecified atom stereocenters. The molecule has 3 nitrogen and oxygen atoms in total. The molecule has 0 spiro atoms. The Kier molecular flexibility index (Phi) is 3.67. The second-order valence-corrected chi connectivity index (χ2v) is 3.25. The molecule has 0 saturated heterocycles. The van der Waals surface area contributed by atoms with Gasteiger partial charge >= 0.3 is 6.18 Å². The summed E-state index contributed by atoms with van der Waals surface area (Å²) in [5, 5.41) is 16.9. The van der Waals surface area contributed by atoms with Crippen molar-refractivity contribution >= 4 is 5.78 Å². The van der Waals surface area contributed by atoms with E-state index in [1.54, 1.807) is 0 Å². The molecule has 0 bridgehead atoms. The Morgan fingerprint density at radius 2 is 1.78 bits per heavy atom. The molecule has 0 radical (unpaired) electrons. The highest BCUT2D eigenvalue weighted by Gasteiger charge is 2.35. The fourth-order valence-electron chi connectivity index (χ4n) is 1.21. The second kappa shape index (κ2) is 4.84. The van der Waals surface area contributed by atoms with E-state index >= 15 is 0 Å². The molecule has 0 heterocycles. The van der Waals surface area contributed by atoms with Gasteiger partial charge in [-0.15, -0.1) is 0 Å². The maximum absolute atomic E-state index is 12.9. The van der Waals surface area contributed by atoms with Gasteiger partial charge in [-0.1, -0.05) is 0 Å². The van der Waals surface area contributed by atoms with Crippen LogP contribution in [0.4, 0.5) is 17.6 Å². The van der Waals surface area contributed by atoms with E-state index in [0.717, 1.165) is 6.07 Å². The SMILES string of the molecule is N#CC(C#N)C(=O)c1ccc(F)c(C(F)(F)F)c1. The van der Waals surface area contributed by atoms with E-state index in [1.807, 2.05) is 0 Å². The number of benzene rings is 1. The van der Waals surface area contributed by atoms with Crippen molar-refractivity contribution in [3.05, 3.63) is 35.1 Å². The van der Waals surface area contributed by atoms with Crippen LogP contribution in [0.15, 0.2) is 18.2 Å². The molecule has 7 heteroatoms. The van der Waals surface area contributed by atoms with Crippen LogP contribution in [0.2, 0.25) is 0 Å². The molecular weight excluding hydrogens is 252 g/mol. The third-order valence-corrected chi connectivity index (χ3v) is 2.08. The second-order valence-electron chi connectivity index (χ2n) is 3.25. The van der Waals surface area contributed by atoms with E-state index in [1.165, 1.54) is 12.1 Å². The van der Waals surface area contributed by atoms with Gasteiger partial charge in [0.15, 0.2) is 11.7 Å². The molecule has 0 aliphatic rings. The predicted molar refractivity (Wildman–Crippen MR) is 50.4 cm³/mol. The summed E-state index contributed by atoms with van der Waals surface area (Å²) in [5.74, 6) is -4.33. The number of nitriles is 2. The van der Waals surface area contributed by atoms with Crippen molar-refractivity contribution in [1.82, 2.24) is 0 Å². The predicted octanol–water partition coefficient (Wildman–Crippen LogP) is 2.69. The van der Waals surface area contributed by atoms with Crippen LogP contribution in [0.3, 0.4) is 0 Å². The third-order valence-electron chi connectivity index (χ3n) is 2.08. The largest absolute Gasteiger partial charge is 0.419 e. The molecule has 1 aromatic carbocycles. The fourth-order valence-corrected chi connectivity index (χ4v) is 1.21. The number of hydrogen-bond donors (Lipinski definition) is 0. The van der Waals surface area contributed by atoms with Crippen molar-refractivity contribution in [2.24, 2.45) is 5.92 Å². The summed E-state index contributed by atoms with van der Waals surface area (Å²) < 4.78 is 50.1. The Balaban J connectivity index is 3.27. The third kappa shape index (κ3) is 2.64. The first kappa shape index (κ1) is 13.7. The van der Waals surface area contributed by atoms with Crippen LogP contribution in [0.25, 0.3) is 0 Å². The Morgan fingerprint density at radius 3 is 2.22 bits per heavy atom. The van der Waals surface area contributed by atoms with E-state index in [-0.39, 0.29) is 0 Å². The number of rotatable bonds is 2. The molecule has 1 rings (SSSR count). The van der Waals surface area contributed by atoms with Crippen molar-refractivity contribution in [2.75, 3.05) is 0 Å². The summed E-state index contributed by atoms with van der Waals surface area (Å²) in [4.78, 5) is 11.5. The Labute approximate surface area is 98.9 Å². The Bertz CT molecular complexity index is 552. The molecule has 0 saturated carbocycles. The van der Waals surface area contributed by atoms with E-state index in [4.69, 9.17) is 10.5 Å². The van der Waals surface area contributed by atoms with Gasteiger partial charge in [0.05, 0.1) is 17.7 Å². The van der Waals surface area contributed by atoms with Crippen LogP contribution in [-0.2, 0) is 6.18 Å². The standard InChI is InChI=1S/C11H4F4N2O/c12-9-2-1-6(3-8(9)11(13,14)15)10(18)7(4-16)5-17/h1-3,7H. The molecule has 0 atom stereocenters. The smallest absolute Gasteiger partial charge is 0.291 e. The van der Waals surface area contributed by atoms with Gasteiger partial charge in [-0.3, -0.25) is 4.79 Å². The summed E-state index contributed by atoms with van der Waals surface area (Å²) in [6.45, 7) is 0. The summed E-state index contributed by atoms with van der Waals surface area (Å²) in [7, 11) is 0. The first-order valence-electron chi connectivity index (χ1n) is 4.51. The summed E-state index contributed by atoms with van der Waals surface area (Å²) in [5.41, 5.74) is -2.14. The van der Waals surface area contributed by atoms with Crippen molar-refractivity contribution in [2.45, 2.75) is 6.18 Å². The minimum Gasteiger partial charge on any atom is -0.291 e. The van der Waals surface area contributed by atoms with Crippen molar-refractivity contribution < 1.29 is 22.4 Å². The summed E-state index contributed by atoms with van der Waals surface area (Å²) >= 11 is 0. The van der Waals surface area contributed by atoms with Gasteiger partial charge in [-0.25, -0.2) is 4.39 Å². The average molecular weight is 256 g/mol.